The van der Waals surface area contributed by atoms with Crippen LogP contribution in [0.4, 0.5) is 5.69 Å². The Morgan fingerprint density at radius 3 is 2.95 bits per heavy atom. The van der Waals surface area contributed by atoms with Gasteiger partial charge in [0, 0.05) is 11.4 Å². The number of nitrogens with one attached hydrogen (secondary N) is 1. The van der Waals surface area contributed by atoms with Crippen LogP contribution in [0.15, 0.2) is 41.6 Å². The number of hydrogen-bond donors (Lipinski definition) is 2. The highest BCUT2D eigenvalue weighted by molar-refractivity contribution is 7.98. The molecule has 2 heterocycles. The van der Waals surface area contributed by atoms with Gasteiger partial charge in [0.15, 0.2) is 5.16 Å². The number of aromatic nitrogens is 3. The van der Waals surface area contributed by atoms with E-state index >= 15 is 0 Å². The molecule has 0 amide bonds. The van der Waals surface area contributed by atoms with Gasteiger partial charge in [-0.1, -0.05) is 29.4 Å². The van der Waals surface area contributed by atoms with Crippen molar-refractivity contribution in [3.63, 3.8) is 0 Å². The van der Waals surface area contributed by atoms with Crippen molar-refractivity contribution in [2.45, 2.75) is 10.9 Å². The Balaban J connectivity index is 1.78. The second-order valence-corrected chi connectivity index (χ2v) is 5.41. The second-order valence-electron chi connectivity index (χ2n) is 4.06. The summed E-state index contributed by atoms with van der Waals surface area (Å²) in [6.45, 7) is 0. The van der Waals surface area contributed by atoms with E-state index in [4.69, 9.17) is 17.3 Å². The summed E-state index contributed by atoms with van der Waals surface area (Å²) in [6.07, 6.45) is 0. The molecule has 1 aromatic carbocycles. The fourth-order valence-corrected chi connectivity index (χ4v) is 2.72. The molecule has 0 fully saturated rings. The minimum absolute atomic E-state index is 0.510. The molecule has 0 bridgehead atoms. The molecule has 96 valence electrons. The smallest absolute Gasteiger partial charge is 0.166 e. The van der Waals surface area contributed by atoms with Crippen LogP contribution in [0.5, 0.6) is 0 Å². The van der Waals surface area contributed by atoms with Crippen LogP contribution >= 0.6 is 23.4 Å². The maximum atomic E-state index is 5.85. The Hall–Kier alpha value is -1.72. The van der Waals surface area contributed by atoms with E-state index in [0.29, 0.717) is 5.15 Å². The molecule has 0 saturated heterocycles. The average Bonchev–Trinajstić information content (AvgIpc) is 2.78. The van der Waals surface area contributed by atoms with Crippen LogP contribution < -0.4 is 5.73 Å². The van der Waals surface area contributed by atoms with Gasteiger partial charge >= 0.3 is 0 Å². The SMILES string of the molecule is Nc1ccc2nc(SCc3cccc(Cl)n3)[nH]c2c1. The minimum atomic E-state index is 0.510. The number of H-pyrrole nitrogens is 1. The molecule has 2 aromatic heterocycles. The summed E-state index contributed by atoms with van der Waals surface area (Å²) in [6, 6.07) is 11.2. The summed E-state index contributed by atoms with van der Waals surface area (Å²) in [5.74, 6) is 0.718. The molecule has 0 aliphatic heterocycles. The van der Waals surface area contributed by atoms with E-state index in [9.17, 15) is 0 Å². The molecule has 4 nitrogen and oxygen atoms in total. The van der Waals surface area contributed by atoms with Crippen LogP contribution in [-0.4, -0.2) is 15.0 Å². The largest absolute Gasteiger partial charge is 0.399 e. The second kappa shape index (κ2) is 5.11. The molecule has 6 heteroatoms. The Bertz CT molecular complexity index is 725. The standard InChI is InChI=1S/C13H11ClN4S/c14-12-3-1-2-9(16-12)7-19-13-17-10-5-4-8(15)6-11(10)18-13/h1-6H,7,15H2,(H,17,18). The van der Waals surface area contributed by atoms with Crippen molar-refractivity contribution in [2.75, 3.05) is 5.73 Å². The van der Waals surface area contributed by atoms with Gasteiger partial charge in [-0.05, 0) is 30.3 Å². The van der Waals surface area contributed by atoms with Crippen molar-refractivity contribution >= 4 is 40.1 Å². The lowest BCUT2D eigenvalue weighted by Gasteiger charge is -1.98. The number of nitrogens with zero attached hydrogens (tertiary/aromatic N) is 2. The average molecular weight is 291 g/mol. The highest BCUT2D eigenvalue weighted by Gasteiger charge is 2.05. The van der Waals surface area contributed by atoms with E-state index in [1.165, 1.54) is 0 Å². The van der Waals surface area contributed by atoms with Crippen molar-refractivity contribution in [1.82, 2.24) is 15.0 Å². The van der Waals surface area contributed by atoms with Crippen LogP contribution in [0.3, 0.4) is 0 Å². The Morgan fingerprint density at radius 1 is 1.21 bits per heavy atom. The van der Waals surface area contributed by atoms with Crippen molar-refractivity contribution in [3.05, 3.63) is 47.2 Å². The third kappa shape index (κ3) is 2.83. The van der Waals surface area contributed by atoms with Gasteiger partial charge in [0.2, 0.25) is 0 Å². The van der Waals surface area contributed by atoms with E-state index in [-0.39, 0.29) is 0 Å². The lowest BCUT2D eigenvalue weighted by atomic mass is 10.3. The predicted octanol–water partition coefficient (Wildman–Crippen LogP) is 3.49. The number of benzene rings is 1. The van der Waals surface area contributed by atoms with E-state index in [1.807, 2.05) is 30.3 Å². The zero-order chi connectivity index (χ0) is 13.2. The summed E-state index contributed by atoms with van der Waals surface area (Å²) in [4.78, 5) is 12.0. The van der Waals surface area contributed by atoms with Crippen molar-refractivity contribution in [2.24, 2.45) is 0 Å². The van der Waals surface area contributed by atoms with Gasteiger partial charge in [0.25, 0.3) is 0 Å². The van der Waals surface area contributed by atoms with Gasteiger partial charge in [-0.25, -0.2) is 9.97 Å². The Morgan fingerprint density at radius 2 is 2.11 bits per heavy atom. The fraction of sp³-hybridized carbons (Fsp3) is 0.0769. The van der Waals surface area contributed by atoms with Crippen LogP contribution in [0.1, 0.15) is 5.69 Å². The van der Waals surface area contributed by atoms with Crippen LogP contribution in [0, 0.1) is 0 Å². The van der Waals surface area contributed by atoms with E-state index in [0.717, 1.165) is 33.3 Å². The maximum absolute atomic E-state index is 5.85. The number of halogens is 1. The molecule has 0 saturated carbocycles. The van der Waals surface area contributed by atoms with E-state index < -0.39 is 0 Å². The Labute approximate surface area is 119 Å². The van der Waals surface area contributed by atoms with Gasteiger partial charge in [-0.15, -0.1) is 0 Å². The quantitative estimate of drug-likeness (QED) is 0.440. The molecular formula is C13H11ClN4S. The van der Waals surface area contributed by atoms with Crippen LogP contribution in [0.2, 0.25) is 5.15 Å². The fourth-order valence-electron chi connectivity index (χ4n) is 1.75. The van der Waals surface area contributed by atoms with Crippen molar-refractivity contribution < 1.29 is 0 Å². The highest BCUT2D eigenvalue weighted by atomic mass is 35.5. The van der Waals surface area contributed by atoms with Crippen LogP contribution in [0.25, 0.3) is 11.0 Å². The molecule has 0 spiro atoms. The first kappa shape index (κ1) is 12.3. The number of aromatic amines is 1. The van der Waals surface area contributed by atoms with E-state index in [1.54, 1.807) is 17.8 Å². The molecule has 0 atom stereocenters. The summed E-state index contributed by atoms with van der Waals surface area (Å²) in [5.41, 5.74) is 9.25. The molecular weight excluding hydrogens is 280 g/mol. The molecule has 0 aliphatic carbocycles. The number of pyridine rings is 1. The lowest BCUT2D eigenvalue weighted by Crippen LogP contribution is -1.86. The van der Waals surface area contributed by atoms with E-state index in [2.05, 4.69) is 15.0 Å². The minimum Gasteiger partial charge on any atom is -0.399 e. The third-order valence-corrected chi connectivity index (χ3v) is 3.73. The number of fused-ring (bicyclic) bond motifs is 1. The van der Waals surface area contributed by atoms with Crippen LogP contribution in [-0.2, 0) is 5.75 Å². The van der Waals surface area contributed by atoms with Gasteiger partial charge < -0.3 is 10.7 Å². The van der Waals surface area contributed by atoms with Crippen molar-refractivity contribution in [3.8, 4) is 0 Å². The first-order valence-corrected chi connectivity index (χ1v) is 7.06. The summed E-state index contributed by atoms with van der Waals surface area (Å²) < 4.78 is 0. The molecule has 0 radical (unpaired) electrons. The summed E-state index contributed by atoms with van der Waals surface area (Å²) >= 11 is 7.44. The normalized spacial score (nSPS) is 11.0. The number of hydrogen-bond acceptors (Lipinski definition) is 4. The number of rotatable bonds is 3. The Kier molecular flexibility index (Phi) is 3.31. The number of thioether (sulfide) groups is 1. The molecule has 0 aliphatic rings. The summed E-state index contributed by atoms with van der Waals surface area (Å²) in [5, 5.41) is 1.36. The number of imidazole rings is 1. The van der Waals surface area contributed by atoms with Crippen molar-refractivity contribution in [1.29, 1.82) is 0 Å². The van der Waals surface area contributed by atoms with Gasteiger partial charge in [0.05, 0.1) is 16.7 Å². The number of anilines is 1. The van der Waals surface area contributed by atoms with Gasteiger partial charge in [-0.2, -0.15) is 0 Å². The zero-order valence-corrected chi connectivity index (χ0v) is 11.5. The molecule has 19 heavy (non-hydrogen) atoms. The molecule has 3 aromatic rings. The zero-order valence-electron chi connectivity index (χ0n) is 9.93. The molecule has 0 unspecified atom stereocenters. The predicted molar refractivity (Wildman–Crippen MR) is 79.3 cm³/mol. The monoisotopic (exact) mass is 290 g/mol. The number of nitrogen functional groups attached to an aromatic ring is 1. The first-order valence-electron chi connectivity index (χ1n) is 5.70. The maximum Gasteiger partial charge on any atom is 0.166 e. The summed E-state index contributed by atoms with van der Waals surface area (Å²) in [7, 11) is 0. The molecule has 3 N–H and O–H groups in total. The third-order valence-electron chi connectivity index (χ3n) is 2.61. The lowest BCUT2D eigenvalue weighted by molar-refractivity contribution is 1.07. The molecule has 3 rings (SSSR count). The number of nitrogens with two attached hydrogens (primary N) is 1. The van der Waals surface area contributed by atoms with Gasteiger partial charge in [-0.3, -0.25) is 0 Å². The van der Waals surface area contributed by atoms with Gasteiger partial charge in [0.1, 0.15) is 5.15 Å². The first-order chi connectivity index (χ1) is 9.20. The topological polar surface area (TPSA) is 67.6 Å². The highest BCUT2D eigenvalue weighted by Crippen LogP contribution is 2.23.